The van der Waals surface area contributed by atoms with E-state index in [9.17, 15) is 9.59 Å². The molecule has 1 aromatic carbocycles. The van der Waals surface area contributed by atoms with Crippen LogP contribution >= 0.6 is 27.5 Å². The van der Waals surface area contributed by atoms with Crippen LogP contribution in [0.25, 0.3) is 0 Å². The zero-order chi connectivity index (χ0) is 15.4. The van der Waals surface area contributed by atoms with Crippen molar-refractivity contribution in [1.29, 1.82) is 0 Å². The predicted octanol–water partition coefficient (Wildman–Crippen LogP) is 2.80. The molecule has 1 aliphatic heterocycles. The van der Waals surface area contributed by atoms with Gasteiger partial charge in [0, 0.05) is 29.2 Å². The monoisotopic (exact) mass is 372 g/mol. The first-order valence-electron chi connectivity index (χ1n) is 6.96. The molecule has 0 aromatic heterocycles. The van der Waals surface area contributed by atoms with Crippen molar-refractivity contribution in [2.75, 3.05) is 13.1 Å². The van der Waals surface area contributed by atoms with Crippen molar-refractivity contribution in [1.82, 2.24) is 10.2 Å². The Bertz CT molecular complexity index is 528. The number of nitrogens with zero attached hydrogens (tertiary/aromatic N) is 1. The van der Waals surface area contributed by atoms with E-state index < -0.39 is 5.38 Å². The van der Waals surface area contributed by atoms with E-state index in [1.807, 2.05) is 29.2 Å². The Morgan fingerprint density at radius 2 is 2.05 bits per heavy atom. The molecule has 1 aromatic rings. The summed E-state index contributed by atoms with van der Waals surface area (Å²) in [6.07, 6.45) is 1.52. The number of carbonyl (C=O) groups is 2. The van der Waals surface area contributed by atoms with Crippen molar-refractivity contribution in [2.45, 2.75) is 31.2 Å². The number of carbonyl (C=O) groups excluding carboxylic acids is 2. The van der Waals surface area contributed by atoms with Gasteiger partial charge in [-0.1, -0.05) is 22.0 Å². The van der Waals surface area contributed by atoms with Crippen LogP contribution in [0.1, 0.15) is 30.1 Å². The molecule has 0 spiro atoms. The zero-order valence-corrected chi connectivity index (χ0v) is 14.2. The molecule has 1 fully saturated rings. The number of halogens is 2. The van der Waals surface area contributed by atoms with Gasteiger partial charge >= 0.3 is 0 Å². The molecule has 1 saturated heterocycles. The van der Waals surface area contributed by atoms with Gasteiger partial charge in [-0.3, -0.25) is 9.59 Å². The summed E-state index contributed by atoms with van der Waals surface area (Å²) >= 11 is 9.11. The van der Waals surface area contributed by atoms with E-state index in [-0.39, 0.29) is 17.9 Å². The summed E-state index contributed by atoms with van der Waals surface area (Å²) < 4.78 is 0.895. The van der Waals surface area contributed by atoms with Gasteiger partial charge in [-0.2, -0.15) is 0 Å². The summed E-state index contributed by atoms with van der Waals surface area (Å²) in [5.74, 6) is -0.111. The van der Waals surface area contributed by atoms with Gasteiger partial charge in [0.15, 0.2) is 0 Å². The molecule has 0 aliphatic carbocycles. The second-order valence-corrected chi connectivity index (χ2v) is 6.77. The van der Waals surface area contributed by atoms with Crippen molar-refractivity contribution >= 4 is 39.3 Å². The highest BCUT2D eigenvalue weighted by Crippen LogP contribution is 2.17. The average molecular weight is 374 g/mol. The molecule has 2 amide bonds. The third kappa shape index (κ3) is 4.45. The first kappa shape index (κ1) is 16.3. The van der Waals surface area contributed by atoms with Crippen LogP contribution in [0.5, 0.6) is 0 Å². The number of amides is 2. The number of likely N-dealkylation sites (tertiary alicyclic amines) is 1. The standard InChI is InChI=1S/C15H18BrClN2O2/c1-10(17)14(20)18-13-5-7-19(8-6-13)15(21)11-3-2-4-12(16)9-11/h2-4,9-10,13H,5-8H2,1H3,(H,18,20). The third-order valence-corrected chi connectivity index (χ3v) is 4.25. The first-order valence-corrected chi connectivity index (χ1v) is 8.19. The number of rotatable bonds is 3. The maximum absolute atomic E-state index is 12.4. The maximum Gasteiger partial charge on any atom is 0.253 e. The Balaban J connectivity index is 1.89. The lowest BCUT2D eigenvalue weighted by atomic mass is 10.0. The predicted molar refractivity (Wildman–Crippen MR) is 86.5 cm³/mol. The lowest BCUT2D eigenvalue weighted by molar-refractivity contribution is -0.121. The van der Waals surface area contributed by atoms with E-state index in [0.717, 1.165) is 17.3 Å². The minimum Gasteiger partial charge on any atom is -0.352 e. The third-order valence-electron chi connectivity index (χ3n) is 3.56. The second kappa shape index (κ2) is 7.27. The average Bonchev–Trinajstić information content (AvgIpc) is 2.47. The highest BCUT2D eigenvalue weighted by molar-refractivity contribution is 9.10. The molecule has 114 valence electrons. The lowest BCUT2D eigenvalue weighted by Crippen LogP contribution is -2.47. The van der Waals surface area contributed by atoms with E-state index in [2.05, 4.69) is 21.2 Å². The second-order valence-electron chi connectivity index (χ2n) is 5.20. The Labute approximate surface area is 138 Å². The number of nitrogens with one attached hydrogen (secondary N) is 1. The van der Waals surface area contributed by atoms with Gasteiger partial charge in [0.2, 0.25) is 5.91 Å². The van der Waals surface area contributed by atoms with Crippen LogP contribution in [-0.2, 0) is 4.79 Å². The smallest absolute Gasteiger partial charge is 0.253 e. The maximum atomic E-state index is 12.4. The number of alkyl halides is 1. The molecule has 0 saturated carbocycles. The largest absolute Gasteiger partial charge is 0.352 e. The zero-order valence-electron chi connectivity index (χ0n) is 11.8. The first-order chi connectivity index (χ1) is 9.97. The van der Waals surface area contributed by atoms with Gasteiger partial charge in [0.25, 0.3) is 5.91 Å². The van der Waals surface area contributed by atoms with Gasteiger partial charge in [-0.15, -0.1) is 11.6 Å². The summed E-state index contributed by atoms with van der Waals surface area (Å²) in [4.78, 5) is 25.8. The van der Waals surface area contributed by atoms with Gasteiger partial charge in [-0.05, 0) is 38.0 Å². The van der Waals surface area contributed by atoms with Gasteiger partial charge in [0.1, 0.15) is 5.38 Å². The SMILES string of the molecule is CC(Cl)C(=O)NC1CCN(C(=O)c2cccc(Br)c2)CC1. The van der Waals surface area contributed by atoms with Crippen LogP contribution in [0.4, 0.5) is 0 Å². The summed E-state index contributed by atoms with van der Waals surface area (Å²) in [5.41, 5.74) is 0.682. The Morgan fingerprint density at radius 1 is 1.38 bits per heavy atom. The van der Waals surface area contributed by atoms with E-state index in [0.29, 0.717) is 18.7 Å². The van der Waals surface area contributed by atoms with Gasteiger partial charge in [-0.25, -0.2) is 0 Å². The summed E-state index contributed by atoms with van der Waals surface area (Å²) in [6, 6.07) is 7.49. The van der Waals surface area contributed by atoms with Crippen molar-refractivity contribution in [3.8, 4) is 0 Å². The number of benzene rings is 1. The normalized spacial score (nSPS) is 17.4. The number of hydrogen-bond acceptors (Lipinski definition) is 2. The van der Waals surface area contributed by atoms with Crippen LogP contribution < -0.4 is 5.32 Å². The topological polar surface area (TPSA) is 49.4 Å². The van der Waals surface area contributed by atoms with E-state index in [1.54, 1.807) is 6.92 Å². The molecule has 1 unspecified atom stereocenters. The Kier molecular flexibility index (Phi) is 5.65. The highest BCUT2D eigenvalue weighted by Gasteiger charge is 2.25. The van der Waals surface area contributed by atoms with Crippen LogP contribution in [0.2, 0.25) is 0 Å². The van der Waals surface area contributed by atoms with Crippen LogP contribution in [0.15, 0.2) is 28.7 Å². The fourth-order valence-corrected chi connectivity index (χ4v) is 2.81. The molecular formula is C15H18BrClN2O2. The fourth-order valence-electron chi connectivity index (χ4n) is 2.35. The van der Waals surface area contributed by atoms with Crippen molar-refractivity contribution in [3.05, 3.63) is 34.3 Å². The van der Waals surface area contributed by atoms with E-state index in [1.165, 1.54) is 0 Å². The Hall–Kier alpha value is -1.07. The molecule has 6 heteroatoms. The summed E-state index contributed by atoms with van der Waals surface area (Å²) in [6.45, 7) is 2.95. The molecule has 4 nitrogen and oxygen atoms in total. The quantitative estimate of drug-likeness (QED) is 0.828. The Morgan fingerprint density at radius 3 is 2.62 bits per heavy atom. The minimum atomic E-state index is -0.522. The molecule has 1 heterocycles. The fraction of sp³-hybridized carbons (Fsp3) is 0.467. The number of hydrogen-bond donors (Lipinski definition) is 1. The van der Waals surface area contributed by atoms with Crippen LogP contribution in [0, 0.1) is 0 Å². The van der Waals surface area contributed by atoms with Crippen LogP contribution in [0.3, 0.4) is 0 Å². The minimum absolute atomic E-state index is 0.0341. The van der Waals surface area contributed by atoms with Crippen molar-refractivity contribution < 1.29 is 9.59 Å². The lowest BCUT2D eigenvalue weighted by Gasteiger charge is -2.32. The summed E-state index contributed by atoms with van der Waals surface area (Å²) in [7, 11) is 0. The van der Waals surface area contributed by atoms with Crippen molar-refractivity contribution in [2.24, 2.45) is 0 Å². The molecule has 0 bridgehead atoms. The number of piperidine rings is 1. The molecule has 1 N–H and O–H groups in total. The highest BCUT2D eigenvalue weighted by atomic mass is 79.9. The molecule has 2 rings (SSSR count). The molecule has 0 radical (unpaired) electrons. The van der Waals surface area contributed by atoms with E-state index in [4.69, 9.17) is 11.6 Å². The molecule has 1 aliphatic rings. The molecule has 21 heavy (non-hydrogen) atoms. The van der Waals surface area contributed by atoms with E-state index >= 15 is 0 Å². The van der Waals surface area contributed by atoms with Gasteiger partial charge in [0.05, 0.1) is 0 Å². The molecule has 1 atom stereocenters. The van der Waals surface area contributed by atoms with Crippen LogP contribution in [-0.4, -0.2) is 41.2 Å². The van der Waals surface area contributed by atoms with Crippen molar-refractivity contribution in [3.63, 3.8) is 0 Å². The summed E-state index contributed by atoms with van der Waals surface area (Å²) in [5, 5.41) is 2.39. The van der Waals surface area contributed by atoms with Gasteiger partial charge < -0.3 is 10.2 Å². The molecular weight excluding hydrogens is 356 g/mol.